The molecule has 2 aromatic heterocycles. The third kappa shape index (κ3) is 3.35. The lowest BCUT2D eigenvalue weighted by Gasteiger charge is -2.34. The first kappa shape index (κ1) is 16.7. The number of pyridine rings is 1. The molecule has 0 bridgehead atoms. The number of hydrogen-bond donors (Lipinski definition) is 0. The number of amides is 1. The predicted octanol–water partition coefficient (Wildman–Crippen LogP) is 3.37. The summed E-state index contributed by atoms with van der Waals surface area (Å²) >= 11 is 0. The van der Waals surface area contributed by atoms with E-state index in [0.717, 1.165) is 31.8 Å². The number of rotatable bonds is 4. The van der Waals surface area contributed by atoms with Crippen LogP contribution < -0.4 is 0 Å². The van der Waals surface area contributed by atoms with Crippen molar-refractivity contribution in [3.8, 4) is 0 Å². The fraction of sp³-hybridized carbons (Fsp3) is 0.526. The molecule has 1 fully saturated rings. The molecule has 1 atom stereocenters. The van der Waals surface area contributed by atoms with Gasteiger partial charge in [-0.1, -0.05) is 13.8 Å². The summed E-state index contributed by atoms with van der Waals surface area (Å²) in [5.41, 5.74) is 1.34. The molecule has 0 radical (unpaired) electrons. The molecule has 5 nitrogen and oxygen atoms in total. The van der Waals surface area contributed by atoms with Crippen molar-refractivity contribution in [1.29, 1.82) is 0 Å². The van der Waals surface area contributed by atoms with Gasteiger partial charge in [-0.3, -0.25) is 9.78 Å². The quantitative estimate of drug-likeness (QED) is 0.865. The molecule has 1 amide bonds. The van der Waals surface area contributed by atoms with E-state index in [9.17, 15) is 4.79 Å². The Morgan fingerprint density at radius 3 is 2.42 bits per heavy atom. The number of aromatic nitrogens is 3. The zero-order valence-corrected chi connectivity index (χ0v) is 14.7. The lowest BCUT2D eigenvalue weighted by Crippen LogP contribution is -2.41. The van der Waals surface area contributed by atoms with E-state index in [4.69, 9.17) is 0 Å². The molecule has 1 aliphatic rings. The maximum absolute atomic E-state index is 12.9. The third-order valence-corrected chi connectivity index (χ3v) is 4.97. The number of piperidine rings is 1. The highest BCUT2D eigenvalue weighted by atomic mass is 16.2. The van der Waals surface area contributed by atoms with E-state index >= 15 is 0 Å². The lowest BCUT2D eigenvalue weighted by molar-refractivity contribution is -0.135. The van der Waals surface area contributed by atoms with Gasteiger partial charge in [0.05, 0.1) is 0 Å². The SMILES string of the molecule is CC(C)c1nccn1[C@@H](C)C(=O)N1CCC(c2ccncc2)CC1. The van der Waals surface area contributed by atoms with E-state index in [0.29, 0.717) is 11.8 Å². The Bertz CT molecular complexity index is 672. The normalized spacial score (nSPS) is 17.2. The maximum atomic E-state index is 12.9. The molecule has 0 aromatic carbocycles. The van der Waals surface area contributed by atoms with E-state index in [1.807, 2.05) is 35.0 Å². The van der Waals surface area contributed by atoms with Gasteiger partial charge in [0.2, 0.25) is 5.91 Å². The summed E-state index contributed by atoms with van der Waals surface area (Å²) in [5, 5.41) is 0. The van der Waals surface area contributed by atoms with Gasteiger partial charge in [0.1, 0.15) is 11.9 Å². The van der Waals surface area contributed by atoms with Crippen LogP contribution in [0, 0.1) is 0 Å². The van der Waals surface area contributed by atoms with Crippen LogP contribution in [0.2, 0.25) is 0 Å². The van der Waals surface area contributed by atoms with Gasteiger partial charge in [-0.15, -0.1) is 0 Å². The summed E-state index contributed by atoms with van der Waals surface area (Å²) in [5.74, 6) is 2.02. The van der Waals surface area contributed by atoms with Crippen LogP contribution in [0.5, 0.6) is 0 Å². The fourth-order valence-corrected chi connectivity index (χ4v) is 3.55. The van der Waals surface area contributed by atoms with Crippen molar-refractivity contribution in [1.82, 2.24) is 19.4 Å². The Morgan fingerprint density at radius 1 is 1.12 bits per heavy atom. The topological polar surface area (TPSA) is 51.0 Å². The molecule has 0 saturated carbocycles. The van der Waals surface area contributed by atoms with Gasteiger partial charge >= 0.3 is 0 Å². The molecule has 0 N–H and O–H groups in total. The molecule has 0 spiro atoms. The number of likely N-dealkylation sites (tertiary alicyclic amines) is 1. The largest absolute Gasteiger partial charge is 0.341 e. The molecule has 2 aromatic rings. The van der Waals surface area contributed by atoms with E-state index in [-0.39, 0.29) is 11.9 Å². The number of carbonyl (C=O) groups is 1. The lowest BCUT2D eigenvalue weighted by atomic mass is 9.90. The van der Waals surface area contributed by atoms with Crippen LogP contribution in [0.25, 0.3) is 0 Å². The van der Waals surface area contributed by atoms with Crippen molar-refractivity contribution in [3.63, 3.8) is 0 Å². The van der Waals surface area contributed by atoms with Gasteiger partial charge < -0.3 is 9.47 Å². The van der Waals surface area contributed by atoms with E-state index in [1.54, 1.807) is 6.20 Å². The highest BCUT2D eigenvalue weighted by Crippen LogP contribution is 2.29. The number of carbonyl (C=O) groups excluding carboxylic acids is 1. The van der Waals surface area contributed by atoms with Crippen molar-refractivity contribution in [2.45, 2.75) is 51.5 Å². The second kappa shape index (κ2) is 7.16. The zero-order chi connectivity index (χ0) is 17.1. The summed E-state index contributed by atoms with van der Waals surface area (Å²) in [6.07, 6.45) is 9.44. The first-order valence-corrected chi connectivity index (χ1v) is 8.79. The Balaban J connectivity index is 1.63. The number of nitrogens with zero attached hydrogens (tertiary/aromatic N) is 4. The van der Waals surface area contributed by atoms with Crippen LogP contribution in [-0.4, -0.2) is 38.4 Å². The minimum absolute atomic E-state index is 0.192. The molecule has 0 unspecified atom stereocenters. The maximum Gasteiger partial charge on any atom is 0.245 e. The highest BCUT2D eigenvalue weighted by molar-refractivity contribution is 5.80. The molecule has 3 rings (SSSR count). The minimum Gasteiger partial charge on any atom is -0.341 e. The van der Waals surface area contributed by atoms with Gasteiger partial charge in [0.15, 0.2) is 0 Å². The molecule has 0 aliphatic carbocycles. The zero-order valence-electron chi connectivity index (χ0n) is 14.7. The van der Waals surface area contributed by atoms with Crippen LogP contribution in [0.15, 0.2) is 36.9 Å². The van der Waals surface area contributed by atoms with Gasteiger partial charge in [-0.25, -0.2) is 4.98 Å². The molecule has 1 aliphatic heterocycles. The Kier molecular flexibility index (Phi) is 4.97. The van der Waals surface area contributed by atoms with E-state index < -0.39 is 0 Å². The average molecular weight is 326 g/mol. The number of hydrogen-bond acceptors (Lipinski definition) is 3. The van der Waals surface area contributed by atoms with E-state index in [1.165, 1.54) is 5.56 Å². The van der Waals surface area contributed by atoms with Gasteiger partial charge in [0, 0.05) is 43.8 Å². The van der Waals surface area contributed by atoms with Crippen molar-refractivity contribution in [2.24, 2.45) is 0 Å². The molecule has 5 heteroatoms. The van der Waals surface area contributed by atoms with Gasteiger partial charge in [-0.2, -0.15) is 0 Å². The second-order valence-electron chi connectivity index (χ2n) is 6.90. The van der Waals surface area contributed by atoms with E-state index in [2.05, 4.69) is 35.9 Å². The second-order valence-corrected chi connectivity index (χ2v) is 6.90. The Morgan fingerprint density at radius 2 is 1.79 bits per heavy atom. The smallest absolute Gasteiger partial charge is 0.245 e. The average Bonchev–Trinajstić information content (AvgIpc) is 3.11. The fourth-order valence-electron chi connectivity index (χ4n) is 3.55. The van der Waals surface area contributed by atoms with Crippen molar-refractivity contribution >= 4 is 5.91 Å². The molecule has 1 saturated heterocycles. The molecular weight excluding hydrogens is 300 g/mol. The first-order chi connectivity index (χ1) is 11.6. The van der Waals surface area contributed by atoms with Crippen molar-refractivity contribution in [3.05, 3.63) is 48.3 Å². The highest BCUT2D eigenvalue weighted by Gasteiger charge is 2.28. The summed E-state index contributed by atoms with van der Waals surface area (Å²) in [7, 11) is 0. The van der Waals surface area contributed by atoms with Crippen LogP contribution in [0.3, 0.4) is 0 Å². The van der Waals surface area contributed by atoms with Crippen molar-refractivity contribution in [2.75, 3.05) is 13.1 Å². The summed E-state index contributed by atoms with van der Waals surface area (Å²) in [6.45, 7) is 7.83. The standard InChI is InChI=1S/C19H26N4O/c1-14(2)18-21-10-13-23(18)15(3)19(24)22-11-6-17(7-12-22)16-4-8-20-9-5-16/h4-5,8-10,13-15,17H,6-7,11-12H2,1-3H3/t15-/m0/s1. The van der Waals surface area contributed by atoms with Gasteiger partial charge in [-0.05, 0) is 43.4 Å². The Labute approximate surface area is 143 Å². The van der Waals surface area contributed by atoms with Crippen LogP contribution in [0.1, 0.15) is 62.9 Å². The summed E-state index contributed by atoms with van der Waals surface area (Å²) < 4.78 is 2.02. The Hall–Kier alpha value is -2.17. The van der Waals surface area contributed by atoms with Gasteiger partial charge in [0.25, 0.3) is 0 Å². The molecular formula is C19H26N4O. The molecule has 128 valence electrons. The minimum atomic E-state index is -0.192. The first-order valence-electron chi connectivity index (χ1n) is 8.79. The molecule has 24 heavy (non-hydrogen) atoms. The summed E-state index contributed by atoms with van der Waals surface area (Å²) in [4.78, 5) is 23.4. The monoisotopic (exact) mass is 326 g/mol. The number of imidazole rings is 1. The third-order valence-electron chi connectivity index (χ3n) is 4.97. The van der Waals surface area contributed by atoms with Crippen LogP contribution in [-0.2, 0) is 4.79 Å². The van der Waals surface area contributed by atoms with Crippen molar-refractivity contribution < 1.29 is 4.79 Å². The predicted molar refractivity (Wildman–Crippen MR) is 93.8 cm³/mol. The van der Waals surface area contributed by atoms with Crippen LogP contribution >= 0.6 is 0 Å². The molecule has 3 heterocycles. The van der Waals surface area contributed by atoms with Crippen LogP contribution in [0.4, 0.5) is 0 Å². The summed E-state index contributed by atoms with van der Waals surface area (Å²) in [6, 6.07) is 3.98.